The summed E-state index contributed by atoms with van der Waals surface area (Å²) in [6.45, 7) is 2.21. The van der Waals surface area contributed by atoms with Crippen LogP contribution in [0, 0.1) is 5.41 Å². The van der Waals surface area contributed by atoms with Crippen LogP contribution in [-0.2, 0) is 9.53 Å². The van der Waals surface area contributed by atoms with Gasteiger partial charge in [0.15, 0.2) is 11.5 Å². The lowest BCUT2D eigenvalue weighted by molar-refractivity contribution is -0.128. The largest absolute Gasteiger partial charge is 0.383 e. The summed E-state index contributed by atoms with van der Waals surface area (Å²) in [5.74, 6) is 0.823. The molecule has 4 fully saturated rings. The first-order valence-corrected chi connectivity index (χ1v) is 16.2. The van der Waals surface area contributed by atoms with Crippen LogP contribution >= 0.6 is 0 Å². The summed E-state index contributed by atoms with van der Waals surface area (Å²) in [7, 11) is 0. The van der Waals surface area contributed by atoms with E-state index in [4.69, 9.17) is 31.6 Å². The third-order valence-electron chi connectivity index (χ3n) is 9.99. The standard InChI is InChI=1S/C34H38N10O2/c35-30(41-34(37)42-12-14-46-15-13-42)33(45)43-24-9-10-25(43)17-23(16-24)29-28(21-6-7-21)31(36)44-32(40-29)26(19-39-44)22-8-11-27(38-18-22)20-4-2-1-3-5-20/h1-5,8,11,18-19,21,23-25H,6-7,9-10,12-17,36H2,(H3,35,37,41). The number of nitrogen functional groups attached to an aromatic ring is 1. The van der Waals surface area contributed by atoms with Gasteiger partial charge < -0.3 is 26.0 Å². The summed E-state index contributed by atoms with van der Waals surface area (Å²) in [5, 5.41) is 13.0. The molecular formula is C34H38N10O2. The molecule has 3 aromatic heterocycles. The Kier molecular flexibility index (Phi) is 7.16. The Morgan fingerprint density at radius 3 is 2.35 bits per heavy atom. The van der Waals surface area contributed by atoms with Gasteiger partial charge in [-0.2, -0.15) is 14.6 Å². The summed E-state index contributed by atoms with van der Waals surface area (Å²) in [6, 6.07) is 14.3. The summed E-state index contributed by atoms with van der Waals surface area (Å²) in [6.07, 6.45) is 9.29. The van der Waals surface area contributed by atoms with Crippen molar-refractivity contribution in [3.63, 3.8) is 0 Å². The number of anilines is 1. The molecule has 1 amide bonds. The molecule has 3 saturated heterocycles. The molecule has 6 heterocycles. The lowest BCUT2D eigenvalue weighted by atomic mass is 9.85. The number of fused-ring (bicyclic) bond motifs is 3. The van der Waals surface area contributed by atoms with E-state index in [0.717, 1.165) is 77.8 Å². The van der Waals surface area contributed by atoms with Gasteiger partial charge in [-0.15, -0.1) is 0 Å². The lowest BCUT2D eigenvalue weighted by Crippen LogP contribution is -2.51. The Labute approximate surface area is 267 Å². The minimum Gasteiger partial charge on any atom is -0.383 e. The number of rotatable bonds is 4. The number of amides is 1. The highest BCUT2D eigenvalue weighted by Crippen LogP contribution is 2.50. The smallest absolute Gasteiger partial charge is 0.289 e. The average Bonchev–Trinajstić information content (AvgIpc) is 3.78. The molecule has 5 N–H and O–H groups in total. The summed E-state index contributed by atoms with van der Waals surface area (Å²) in [5.41, 5.74) is 19.8. The van der Waals surface area contributed by atoms with Crippen molar-refractivity contribution in [1.82, 2.24) is 29.4 Å². The van der Waals surface area contributed by atoms with Gasteiger partial charge in [0.1, 0.15) is 5.82 Å². The Morgan fingerprint density at radius 1 is 0.935 bits per heavy atom. The number of amidine groups is 1. The number of carbonyl (C=O) groups is 1. The van der Waals surface area contributed by atoms with Gasteiger partial charge in [-0.25, -0.2) is 4.98 Å². The van der Waals surface area contributed by atoms with Gasteiger partial charge in [0.2, 0.25) is 5.96 Å². The number of nitrogens with two attached hydrogens (primary N) is 2. The first-order valence-electron chi connectivity index (χ1n) is 16.2. The second-order valence-electron chi connectivity index (χ2n) is 12.8. The fraction of sp³-hybridized carbons (Fsp3) is 0.412. The molecule has 236 valence electrons. The summed E-state index contributed by atoms with van der Waals surface area (Å²) < 4.78 is 7.15. The van der Waals surface area contributed by atoms with Crippen LogP contribution in [0.15, 0.2) is 59.9 Å². The second kappa shape index (κ2) is 11.5. The third-order valence-corrected chi connectivity index (χ3v) is 9.99. The SMILES string of the molecule is N=C(/N=C(\N)C(=O)N1C2CCC1CC(c1nc3c(-c4ccc(-c5ccccc5)nc4)cnn3c(N)c1C1CC1)C2)N1CCOCC1. The quantitative estimate of drug-likeness (QED) is 0.230. The number of carbonyl (C=O) groups excluding carboxylic acids is 1. The minimum atomic E-state index is -0.279. The second-order valence-corrected chi connectivity index (χ2v) is 12.8. The van der Waals surface area contributed by atoms with Crippen molar-refractivity contribution in [2.24, 2.45) is 10.7 Å². The fourth-order valence-corrected chi connectivity index (χ4v) is 7.56. The normalized spacial score (nSPS) is 23.2. The number of hydrogen-bond acceptors (Lipinski definition) is 7. The molecule has 4 aliphatic rings. The van der Waals surface area contributed by atoms with Crippen molar-refractivity contribution in [3.05, 3.63) is 66.1 Å². The lowest BCUT2D eigenvalue weighted by Gasteiger charge is -2.39. The molecule has 1 aromatic carbocycles. The van der Waals surface area contributed by atoms with Crippen LogP contribution in [0.1, 0.15) is 61.6 Å². The maximum Gasteiger partial charge on any atom is 0.289 e. The monoisotopic (exact) mass is 618 g/mol. The zero-order valence-corrected chi connectivity index (χ0v) is 25.7. The molecule has 2 unspecified atom stereocenters. The molecule has 4 aromatic rings. The van der Waals surface area contributed by atoms with Crippen LogP contribution in [0.25, 0.3) is 28.0 Å². The highest BCUT2D eigenvalue weighted by Gasteiger charge is 2.46. The van der Waals surface area contributed by atoms with E-state index in [9.17, 15) is 4.79 Å². The topological polar surface area (TPSA) is 164 Å². The van der Waals surface area contributed by atoms with E-state index in [0.29, 0.717) is 38.0 Å². The van der Waals surface area contributed by atoms with Crippen molar-refractivity contribution in [3.8, 4) is 22.4 Å². The fourth-order valence-electron chi connectivity index (χ4n) is 7.56. The predicted molar refractivity (Wildman–Crippen MR) is 175 cm³/mol. The molecule has 8 rings (SSSR count). The number of nitrogens with zero attached hydrogens (tertiary/aromatic N) is 7. The molecule has 12 heteroatoms. The van der Waals surface area contributed by atoms with Gasteiger partial charge >= 0.3 is 0 Å². The van der Waals surface area contributed by atoms with Crippen LogP contribution in [0.2, 0.25) is 0 Å². The number of benzene rings is 1. The van der Waals surface area contributed by atoms with E-state index >= 15 is 0 Å². The third kappa shape index (κ3) is 5.06. The molecular weight excluding hydrogens is 580 g/mol. The van der Waals surface area contributed by atoms with Gasteiger partial charge in [0.25, 0.3) is 5.91 Å². The molecule has 0 spiro atoms. The Balaban J connectivity index is 1.08. The molecule has 2 bridgehead atoms. The van der Waals surface area contributed by atoms with Crippen LogP contribution in [0.5, 0.6) is 0 Å². The minimum absolute atomic E-state index is 0.0138. The number of aliphatic imine (C=N–C) groups is 1. The molecule has 46 heavy (non-hydrogen) atoms. The van der Waals surface area contributed by atoms with Gasteiger partial charge in [0, 0.05) is 59.5 Å². The molecule has 1 aliphatic carbocycles. The van der Waals surface area contributed by atoms with Gasteiger partial charge in [-0.3, -0.25) is 15.2 Å². The zero-order chi connectivity index (χ0) is 31.4. The first-order chi connectivity index (χ1) is 22.5. The molecule has 12 nitrogen and oxygen atoms in total. The molecule has 3 aliphatic heterocycles. The van der Waals surface area contributed by atoms with Crippen molar-refractivity contribution in [2.45, 2.75) is 62.4 Å². The van der Waals surface area contributed by atoms with E-state index in [1.165, 1.54) is 0 Å². The number of morpholine rings is 1. The highest BCUT2D eigenvalue weighted by atomic mass is 16.5. The number of aromatic nitrogens is 4. The highest BCUT2D eigenvalue weighted by molar-refractivity contribution is 6.38. The predicted octanol–water partition coefficient (Wildman–Crippen LogP) is 3.78. The van der Waals surface area contributed by atoms with Gasteiger partial charge in [-0.05, 0) is 50.5 Å². The number of piperidine rings is 1. The van der Waals surface area contributed by atoms with Crippen LogP contribution in [0.4, 0.5) is 5.82 Å². The van der Waals surface area contributed by atoms with E-state index in [1.807, 2.05) is 41.6 Å². The number of guanidine groups is 1. The summed E-state index contributed by atoms with van der Waals surface area (Å²) >= 11 is 0. The maximum absolute atomic E-state index is 13.6. The Bertz CT molecular complexity index is 1810. The number of pyridine rings is 1. The number of hydrogen-bond donors (Lipinski definition) is 3. The van der Waals surface area contributed by atoms with Crippen molar-refractivity contribution < 1.29 is 9.53 Å². The van der Waals surface area contributed by atoms with E-state index < -0.39 is 0 Å². The molecule has 2 atom stereocenters. The zero-order valence-electron chi connectivity index (χ0n) is 25.7. The number of ether oxygens (including phenoxy) is 1. The Hall–Kier alpha value is -4.84. The van der Waals surface area contributed by atoms with Gasteiger partial charge in [0.05, 0.1) is 30.8 Å². The van der Waals surface area contributed by atoms with E-state index in [-0.39, 0.29) is 35.7 Å². The Morgan fingerprint density at radius 2 is 1.67 bits per heavy atom. The molecule has 0 radical (unpaired) electrons. The van der Waals surface area contributed by atoms with Crippen molar-refractivity contribution in [1.29, 1.82) is 5.41 Å². The first kappa shape index (κ1) is 28.6. The number of nitrogens with one attached hydrogen (secondary N) is 1. The van der Waals surface area contributed by atoms with Crippen LogP contribution in [-0.4, -0.2) is 85.5 Å². The van der Waals surface area contributed by atoms with E-state index in [2.05, 4.69) is 28.3 Å². The van der Waals surface area contributed by atoms with E-state index in [1.54, 1.807) is 9.42 Å². The van der Waals surface area contributed by atoms with Crippen LogP contribution < -0.4 is 11.5 Å². The van der Waals surface area contributed by atoms with Crippen molar-refractivity contribution in [2.75, 3.05) is 32.0 Å². The average molecular weight is 619 g/mol. The van der Waals surface area contributed by atoms with Gasteiger partial charge in [-0.1, -0.05) is 36.4 Å². The summed E-state index contributed by atoms with van der Waals surface area (Å²) in [4.78, 5) is 31.6. The van der Waals surface area contributed by atoms with Crippen molar-refractivity contribution >= 4 is 29.2 Å². The molecule has 1 saturated carbocycles. The maximum atomic E-state index is 13.6. The van der Waals surface area contributed by atoms with Crippen LogP contribution in [0.3, 0.4) is 0 Å².